The summed E-state index contributed by atoms with van der Waals surface area (Å²) in [5.41, 5.74) is 0.982. The van der Waals surface area contributed by atoms with E-state index in [0.717, 1.165) is 66.8 Å². The molecule has 1 aromatic carbocycles. The van der Waals surface area contributed by atoms with Gasteiger partial charge in [0, 0.05) is 36.1 Å². The Morgan fingerprint density at radius 1 is 1.17 bits per heavy atom. The average Bonchev–Trinajstić information content (AvgIpc) is 3.43. The van der Waals surface area contributed by atoms with Gasteiger partial charge >= 0.3 is 0 Å². The van der Waals surface area contributed by atoms with Gasteiger partial charge in [0.2, 0.25) is 0 Å². The first-order valence-corrected chi connectivity index (χ1v) is 9.49. The maximum atomic E-state index is 5.85. The lowest BCUT2D eigenvalue weighted by Gasteiger charge is -2.21. The van der Waals surface area contributed by atoms with Crippen LogP contribution in [0.5, 0.6) is 5.75 Å². The van der Waals surface area contributed by atoms with Gasteiger partial charge in [-0.1, -0.05) is 0 Å². The van der Waals surface area contributed by atoms with Crippen LogP contribution >= 0.6 is 11.8 Å². The van der Waals surface area contributed by atoms with Crippen LogP contribution < -0.4 is 4.74 Å². The molecule has 2 heterocycles. The van der Waals surface area contributed by atoms with E-state index in [2.05, 4.69) is 4.98 Å². The third-order valence-electron chi connectivity index (χ3n) is 4.40. The molecule has 23 heavy (non-hydrogen) atoms. The molecule has 0 spiro atoms. The summed E-state index contributed by atoms with van der Waals surface area (Å²) in [4.78, 5) is 9.22. The van der Waals surface area contributed by atoms with Gasteiger partial charge in [-0.15, -0.1) is 0 Å². The zero-order chi connectivity index (χ0) is 15.5. The number of hydrogen-bond donors (Lipinski definition) is 0. The molecule has 1 aliphatic heterocycles. The molecule has 5 heteroatoms. The lowest BCUT2D eigenvalue weighted by molar-refractivity contribution is 0.1000. The van der Waals surface area contributed by atoms with Crippen LogP contribution in [-0.2, 0) is 10.5 Å². The van der Waals surface area contributed by atoms with E-state index in [4.69, 9.17) is 14.5 Å². The van der Waals surface area contributed by atoms with Gasteiger partial charge in [0.05, 0.1) is 17.9 Å². The van der Waals surface area contributed by atoms with Crippen molar-refractivity contribution in [1.82, 2.24) is 9.97 Å². The van der Waals surface area contributed by atoms with Crippen molar-refractivity contribution < 1.29 is 9.47 Å². The minimum atomic E-state index is 0.677. The first-order valence-electron chi connectivity index (χ1n) is 8.45. The lowest BCUT2D eigenvalue weighted by Crippen LogP contribution is -2.17. The van der Waals surface area contributed by atoms with Gasteiger partial charge in [0.15, 0.2) is 0 Å². The number of fused-ring (bicyclic) bond motifs is 1. The van der Waals surface area contributed by atoms with Crippen molar-refractivity contribution in [3.05, 3.63) is 30.2 Å². The second-order valence-electron chi connectivity index (χ2n) is 6.38. The van der Waals surface area contributed by atoms with Crippen molar-refractivity contribution >= 4 is 22.7 Å². The molecule has 2 fully saturated rings. The predicted molar refractivity (Wildman–Crippen MR) is 92.9 cm³/mol. The molecule has 1 aliphatic carbocycles. The lowest BCUT2D eigenvalue weighted by atomic mass is 10.2. The van der Waals surface area contributed by atoms with E-state index in [1.807, 2.05) is 36.2 Å². The van der Waals surface area contributed by atoms with Gasteiger partial charge < -0.3 is 9.47 Å². The molecule has 0 unspecified atom stereocenters. The Labute approximate surface area is 141 Å². The smallest absolute Gasteiger partial charge is 0.138 e. The second kappa shape index (κ2) is 7.05. The van der Waals surface area contributed by atoms with Crippen LogP contribution in [0.3, 0.4) is 0 Å². The molecule has 4 nitrogen and oxygen atoms in total. The van der Waals surface area contributed by atoms with Crippen molar-refractivity contribution in [2.75, 3.05) is 19.8 Å². The average molecular weight is 330 g/mol. The third-order valence-corrected chi connectivity index (χ3v) is 5.77. The first kappa shape index (κ1) is 15.2. The highest BCUT2D eigenvalue weighted by atomic mass is 32.2. The maximum Gasteiger partial charge on any atom is 0.138 e. The molecule has 2 aromatic rings. The van der Waals surface area contributed by atoms with E-state index in [9.17, 15) is 0 Å². The molecule has 4 rings (SSSR count). The summed E-state index contributed by atoms with van der Waals surface area (Å²) in [6, 6.07) is 6.11. The first-order chi connectivity index (χ1) is 11.4. The van der Waals surface area contributed by atoms with Crippen molar-refractivity contribution in [2.45, 2.75) is 36.7 Å². The summed E-state index contributed by atoms with van der Waals surface area (Å²) < 4.78 is 11.3. The molecule has 0 N–H and O–H groups in total. The fourth-order valence-electron chi connectivity index (χ4n) is 2.73. The Balaban J connectivity index is 1.42. The SMILES string of the molecule is c1cc2cnc(CSC3CCOCC3)nc2cc1OCC1CC1. The normalized spacial score (nSPS) is 19.1. The summed E-state index contributed by atoms with van der Waals surface area (Å²) in [5, 5.41) is 1.75. The fourth-order valence-corrected chi connectivity index (χ4v) is 3.78. The molecule has 122 valence electrons. The summed E-state index contributed by atoms with van der Waals surface area (Å²) in [6.07, 6.45) is 6.81. The van der Waals surface area contributed by atoms with E-state index in [-0.39, 0.29) is 0 Å². The molecule has 2 aliphatic rings. The van der Waals surface area contributed by atoms with Crippen LogP contribution in [0.15, 0.2) is 24.4 Å². The monoisotopic (exact) mass is 330 g/mol. The molecular formula is C18H22N2O2S. The second-order valence-corrected chi connectivity index (χ2v) is 7.67. The summed E-state index contributed by atoms with van der Waals surface area (Å²) in [6.45, 7) is 2.61. The van der Waals surface area contributed by atoms with E-state index in [1.165, 1.54) is 12.8 Å². The standard InChI is InChI=1S/C18H22N2O2S/c1-2-13(1)11-22-15-4-3-14-10-19-18(20-17(14)9-15)12-23-16-5-7-21-8-6-16/h3-4,9-10,13,16H,1-2,5-8,11-12H2. The van der Waals surface area contributed by atoms with Crippen LogP contribution in [0.1, 0.15) is 31.5 Å². The Morgan fingerprint density at radius 2 is 2.04 bits per heavy atom. The maximum absolute atomic E-state index is 5.85. The number of rotatable bonds is 6. The van der Waals surface area contributed by atoms with Crippen LogP contribution in [0.25, 0.3) is 10.9 Å². The molecule has 1 saturated heterocycles. The number of aromatic nitrogens is 2. The molecule has 0 radical (unpaired) electrons. The number of thioether (sulfide) groups is 1. The minimum absolute atomic E-state index is 0.677. The van der Waals surface area contributed by atoms with Gasteiger partial charge in [-0.25, -0.2) is 9.97 Å². The summed E-state index contributed by atoms with van der Waals surface area (Å²) >= 11 is 1.95. The van der Waals surface area contributed by atoms with Crippen molar-refractivity contribution in [3.63, 3.8) is 0 Å². The number of nitrogens with zero attached hydrogens (tertiary/aromatic N) is 2. The minimum Gasteiger partial charge on any atom is -0.493 e. The number of ether oxygens (including phenoxy) is 2. The number of hydrogen-bond acceptors (Lipinski definition) is 5. The van der Waals surface area contributed by atoms with E-state index in [1.54, 1.807) is 0 Å². The molecule has 1 aromatic heterocycles. The van der Waals surface area contributed by atoms with E-state index < -0.39 is 0 Å². The van der Waals surface area contributed by atoms with Gasteiger partial charge in [-0.05, 0) is 43.7 Å². The molecule has 0 amide bonds. The Bertz CT molecular complexity index is 669. The van der Waals surface area contributed by atoms with Crippen molar-refractivity contribution in [2.24, 2.45) is 5.92 Å². The highest BCUT2D eigenvalue weighted by molar-refractivity contribution is 7.99. The quantitative estimate of drug-likeness (QED) is 0.805. The van der Waals surface area contributed by atoms with Gasteiger partial charge in [-0.3, -0.25) is 0 Å². The van der Waals surface area contributed by atoms with E-state index in [0.29, 0.717) is 5.25 Å². The number of benzene rings is 1. The highest BCUT2D eigenvalue weighted by Crippen LogP contribution is 2.30. The Kier molecular flexibility index (Phi) is 4.67. The van der Waals surface area contributed by atoms with E-state index >= 15 is 0 Å². The van der Waals surface area contributed by atoms with Gasteiger partial charge in [0.1, 0.15) is 11.6 Å². The zero-order valence-electron chi connectivity index (χ0n) is 13.2. The van der Waals surface area contributed by atoms with Gasteiger partial charge in [0.25, 0.3) is 0 Å². The predicted octanol–water partition coefficient (Wildman–Crippen LogP) is 3.83. The van der Waals surface area contributed by atoms with Gasteiger partial charge in [-0.2, -0.15) is 11.8 Å². The van der Waals surface area contributed by atoms with Crippen LogP contribution in [0.4, 0.5) is 0 Å². The van der Waals surface area contributed by atoms with Crippen LogP contribution in [-0.4, -0.2) is 35.0 Å². The Morgan fingerprint density at radius 3 is 2.87 bits per heavy atom. The molecular weight excluding hydrogens is 308 g/mol. The Hall–Kier alpha value is -1.33. The zero-order valence-corrected chi connectivity index (χ0v) is 14.1. The van der Waals surface area contributed by atoms with Crippen molar-refractivity contribution in [1.29, 1.82) is 0 Å². The highest BCUT2D eigenvalue weighted by Gasteiger charge is 2.22. The third kappa shape index (κ3) is 4.15. The largest absolute Gasteiger partial charge is 0.493 e. The van der Waals surface area contributed by atoms with Crippen LogP contribution in [0.2, 0.25) is 0 Å². The molecule has 0 bridgehead atoms. The molecule has 0 atom stereocenters. The van der Waals surface area contributed by atoms with Crippen LogP contribution in [0, 0.1) is 5.92 Å². The van der Waals surface area contributed by atoms with Crippen molar-refractivity contribution in [3.8, 4) is 5.75 Å². The molecule has 1 saturated carbocycles. The summed E-state index contributed by atoms with van der Waals surface area (Å²) in [7, 11) is 0. The topological polar surface area (TPSA) is 44.2 Å². The fraction of sp³-hybridized carbons (Fsp3) is 0.556. The summed E-state index contributed by atoms with van der Waals surface area (Å²) in [5.74, 6) is 3.47.